The molecule has 2 aromatic rings. The van der Waals surface area contributed by atoms with Crippen molar-refractivity contribution in [1.82, 2.24) is 0 Å². The van der Waals surface area contributed by atoms with Gasteiger partial charge in [0.2, 0.25) is 5.91 Å². The SMILES string of the molecule is CN(c1ccccc1)C1CC(=O)N(c2ccc(Cl)c(Cl)c2)C1=O. The molecule has 0 radical (unpaired) electrons. The number of carbonyl (C=O) groups is 2. The molecule has 0 spiro atoms. The van der Waals surface area contributed by atoms with Crippen molar-refractivity contribution in [3.63, 3.8) is 0 Å². The summed E-state index contributed by atoms with van der Waals surface area (Å²) in [6, 6.07) is 13.7. The number of rotatable bonds is 3. The van der Waals surface area contributed by atoms with Crippen LogP contribution < -0.4 is 9.80 Å². The Bertz CT molecular complexity index is 764. The number of hydrogen-bond acceptors (Lipinski definition) is 3. The first-order valence-corrected chi connectivity index (χ1v) is 7.84. The maximum atomic E-state index is 12.7. The van der Waals surface area contributed by atoms with E-state index in [0.717, 1.165) is 5.69 Å². The summed E-state index contributed by atoms with van der Waals surface area (Å²) in [5.74, 6) is -0.513. The molecule has 23 heavy (non-hydrogen) atoms. The van der Waals surface area contributed by atoms with Crippen molar-refractivity contribution in [3.05, 3.63) is 58.6 Å². The lowest BCUT2D eigenvalue weighted by atomic mass is 10.2. The number of benzene rings is 2. The van der Waals surface area contributed by atoms with Crippen LogP contribution in [0.5, 0.6) is 0 Å². The number of amides is 2. The predicted octanol–water partition coefficient (Wildman–Crippen LogP) is 3.76. The van der Waals surface area contributed by atoms with Crippen molar-refractivity contribution in [1.29, 1.82) is 0 Å². The zero-order valence-electron chi connectivity index (χ0n) is 12.4. The van der Waals surface area contributed by atoms with Crippen molar-refractivity contribution in [2.75, 3.05) is 16.8 Å². The Balaban J connectivity index is 1.89. The quantitative estimate of drug-likeness (QED) is 0.793. The molecule has 1 fully saturated rings. The standard InChI is InChI=1S/C17H14Cl2N2O2/c1-20(11-5-3-2-4-6-11)15-10-16(22)21(17(15)23)12-7-8-13(18)14(19)9-12/h2-9,15H,10H2,1H3. The summed E-state index contributed by atoms with van der Waals surface area (Å²) in [6.07, 6.45) is 0.129. The number of nitrogens with zero attached hydrogens (tertiary/aromatic N) is 2. The topological polar surface area (TPSA) is 40.6 Å². The van der Waals surface area contributed by atoms with Crippen LogP contribution in [0.3, 0.4) is 0 Å². The summed E-state index contributed by atoms with van der Waals surface area (Å²) in [6.45, 7) is 0. The minimum atomic E-state index is -0.528. The van der Waals surface area contributed by atoms with Crippen LogP contribution in [0.4, 0.5) is 11.4 Å². The molecular formula is C17H14Cl2N2O2. The maximum absolute atomic E-state index is 12.7. The lowest BCUT2D eigenvalue weighted by Gasteiger charge is -2.25. The van der Waals surface area contributed by atoms with Gasteiger partial charge < -0.3 is 4.90 Å². The van der Waals surface area contributed by atoms with E-state index < -0.39 is 6.04 Å². The third-order valence-corrected chi connectivity index (χ3v) is 4.65. The van der Waals surface area contributed by atoms with Gasteiger partial charge in [0.1, 0.15) is 6.04 Å². The molecule has 1 atom stereocenters. The average molecular weight is 349 g/mol. The van der Waals surface area contributed by atoms with Crippen molar-refractivity contribution in [2.24, 2.45) is 0 Å². The second kappa shape index (κ2) is 6.22. The maximum Gasteiger partial charge on any atom is 0.256 e. The van der Waals surface area contributed by atoms with Crippen molar-refractivity contribution < 1.29 is 9.59 Å². The van der Waals surface area contributed by atoms with Crippen LogP contribution >= 0.6 is 23.2 Å². The van der Waals surface area contributed by atoms with Gasteiger partial charge in [-0.3, -0.25) is 9.59 Å². The molecule has 2 aromatic carbocycles. The molecule has 1 heterocycles. The van der Waals surface area contributed by atoms with E-state index in [-0.39, 0.29) is 18.2 Å². The van der Waals surface area contributed by atoms with Crippen LogP contribution in [0.1, 0.15) is 6.42 Å². The molecular weight excluding hydrogens is 335 g/mol. The Kier molecular flexibility index (Phi) is 4.28. The summed E-state index contributed by atoms with van der Waals surface area (Å²) in [4.78, 5) is 28.0. The van der Waals surface area contributed by atoms with Gasteiger partial charge in [-0.1, -0.05) is 41.4 Å². The van der Waals surface area contributed by atoms with Crippen LogP contribution in [0.25, 0.3) is 0 Å². The predicted molar refractivity (Wildman–Crippen MR) is 92.2 cm³/mol. The molecule has 6 heteroatoms. The molecule has 0 aliphatic carbocycles. The van der Waals surface area contributed by atoms with E-state index in [1.165, 1.54) is 11.0 Å². The summed E-state index contributed by atoms with van der Waals surface area (Å²) >= 11 is 11.9. The van der Waals surface area contributed by atoms with E-state index >= 15 is 0 Å². The number of hydrogen-bond donors (Lipinski definition) is 0. The third kappa shape index (κ3) is 2.92. The Morgan fingerprint density at radius 2 is 1.74 bits per heavy atom. The zero-order chi connectivity index (χ0) is 16.6. The number of halogens is 2. The Hall–Kier alpha value is -2.04. The highest BCUT2D eigenvalue weighted by Gasteiger charge is 2.42. The van der Waals surface area contributed by atoms with Crippen LogP contribution in [-0.2, 0) is 9.59 Å². The molecule has 0 N–H and O–H groups in total. The number of anilines is 2. The molecule has 3 rings (SSSR count). The molecule has 0 aromatic heterocycles. The fourth-order valence-electron chi connectivity index (χ4n) is 2.66. The first-order valence-electron chi connectivity index (χ1n) is 7.09. The molecule has 1 saturated heterocycles. The molecule has 1 unspecified atom stereocenters. The smallest absolute Gasteiger partial charge is 0.256 e. The van der Waals surface area contributed by atoms with Crippen molar-refractivity contribution in [2.45, 2.75) is 12.5 Å². The van der Waals surface area contributed by atoms with E-state index in [1.54, 1.807) is 12.1 Å². The fraction of sp³-hybridized carbons (Fsp3) is 0.176. The molecule has 4 nitrogen and oxygen atoms in total. The second-order valence-corrected chi connectivity index (χ2v) is 6.15. The highest BCUT2D eigenvalue weighted by molar-refractivity contribution is 6.42. The normalized spacial score (nSPS) is 17.7. The first kappa shape index (κ1) is 15.8. The summed E-state index contributed by atoms with van der Waals surface area (Å²) < 4.78 is 0. The van der Waals surface area contributed by atoms with Gasteiger partial charge in [0.15, 0.2) is 0 Å². The number of likely N-dealkylation sites (N-methyl/N-ethyl adjacent to an activating group) is 1. The van der Waals surface area contributed by atoms with Gasteiger partial charge in [-0.15, -0.1) is 0 Å². The van der Waals surface area contributed by atoms with Crippen LogP contribution in [0, 0.1) is 0 Å². The summed E-state index contributed by atoms with van der Waals surface area (Å²) in [5, 5.41) is 0.692. The number of carbonyl (C=O) groups excluding carboxylic acids is 2. The minimum Gasteiger partial charge on any atom is -0.362 e. The van der Waals surface area contributed by atoms with Crippen LogP contribution in [0.15, 0.2) is 48.5 Å². The van der Waals surface area contributed by atoms with E-state index in [9.17, 15) is 9.59 Å². The van der Waals surface area contributed by atoms with Gasteiger partial charge in [-0.2, -0.15) is 0 Å². The van der Waals surface area contributed by atoms with Crippen LogP contribution in [-0.4, -0.2) is 24.9 Å². The molecule has 0 bridgehead atoms. The molecule has 0 saturated carbocycles. The minimum absolute atomic E-state index is 0.129. The molecule has 2 amide bonds. The fourth-order valence-corrected chi connectivity index (χ4v) is 2.95. The van der Waals surface area contributed by atoms with Gasteiger partial charge in [0.25, 0.3) is 5.91 Å². The summed E-state index contributed by atoms with van der Waals surface area (Å²) in [5.41, 5.74) is 1.33. The van der Waals surface area contributed by atoms with Gasteiger partial charge in [0, 0.05) is 12.7 Å². The monoisotopic (exact) mass is 348 g/mol. The van der Waals surface area contributed by atoms with E-state index in [0.29, 0.717) is 15.7 Å². The van der Waals surface area contributed by atoms with E-state index in [2.05, 4.69) is 0 Å². The zero-order valence-corrected chi connectivity index (χ0v) is 13.9. The summed E-state index contributed by atoms with van der Waals surface area (Å²) in [7, 11) is 1.81. The van der Waals surface area contributed by atoms with Gasteiger partial charge in [0.05, 0.1) is 22.2 Å². The molecule has 1 aliphatic heterocycles. The van der Waals surface area contributed by atoms with Gasteiger partial charge in [-0.05, 0) is 30.3 Å². The molecule has 1 aliphatic rings. The Morgan fingerprint density at radius 1 is 1.04 bits per heavy atom. The van der Waals surface area contributed by atoms with Crippen molar-refractivity contribution in [3.8, 4) is 0 Å². The van der Waals surface area contributed by atoms with Gasteiger partial charge >= 0.3 is 0 Å². The first-order chi connectivity index (χ1) is 11.0. The van der Waals surface area contributed by atoms with Gasteiger partial charge in [-0.25, -0.2) is 4.90 Å². The number of para-hydroxylation sites is 1. The Morgan fingerprint density at radius 3 is 2.39 bits per heavy atom. The third-order valence-electron chi connectivity index (χ3n) is 3.92. The highest BCUT2D eigenvalue weighted by atomic mass is 35.5. The van der Waals surface area contributed by atoms with E-state index in [1.807, 2.05) is 42.3 Å². The lowest BCUT2D eigenvalue weighted by Crippen LogP contribution is -2.40. The largest absolute Gasteiger partial charge is 0.362 e. The average Bonchev–Trinajstić information content (AvgIpc) is 2.85. The highest BCUT2D eigenvalue weighted by Crippen LogP contribution is 2.32. The Labute approximate surface area is 144 Å². The second-order valence-electron chi connectivity index (χ2n) is 5.33. The van der Waals surface area contributed by atoms with Crippen molar-refractivity contribution >= 4 is 46.4 Å². The molecule has 118 valence electrons. The number of imide groups is 1. The van der Waals surface area contributed by atoms with Crippen LogP contribution in [0.2, 0.25) is 10.0 Å². The van der Waals surface area contributed by atoms with E-state index in [4.69, 9.17) is 23.2 Å². The lowest BCUT2D eigenvalue weighted by molar-refractivity contribution is -0.121.